The molecule has 0 saturated heterocycles. The fourth-order valence-electron chi connectivity index (χ4n) is 2.76. The number of primary amides is 1. The van der Waals surface area contributed by atoms with E-state index in [0.717, 1.165) is 12.1 Å². The van der Waals surface area contributed by atoms with Gasteiger partial charge in [0, 0.05) is 11.6 Å². The number of aliphatic hydroxyl groups is 1. The summed E-state index contributed by atoms with van der Waals surface area (Å²) in [5, 5.41) is 9.98. The minimum Gasteiger partial charge on any atom is -0.426 e. The largest absolute Gasteiger partial charge is 0.426 e. The van der Waals surface area contributed by atoms with Gasteiger partial charge in [-0.25, -0.2) is 8.78 Å². The Balaban J connectivity index is 2.23. The molecule has 0 radical (unpaired) electrons. The van der Waals surface area contributed by atoms with Crippen LogP contribution in [0.25, 0.3) is 11.1 Å². The van der Waals surface area contributed by atoms with Crippen LogP contribution in [0.5, 0.6) is 5.75 Å². The molecule has 8 heteroatoms. The third-order valence-electron chi connectivity index (χ3n) is 3.87. The first-order valence-electron chi connectivity index (χ1n) is 8.55. The Hall–Kier alpha value is -2.84. The number of hydrogen-bond acceptors (Lipinski definition) is 4. The molecule has 2 rings (SSSR count). The van der Waals surface area contributed by atoms with E-state index in [0.29, 0.717) is 11.0 Å². The molecule has 1 amide bonds. The summed E-state index contributed by atoms with van der Waals surface area (Å²) in [5.41, 5.74) is 5.56. The minimum absolute atomic E-state index is 0.0696. The number of amides is 1. The fraction of sp³-hybridized carbons (Fsp3) is 0.300. The van der Waals surface area contributed by atoms with Crippen LogP contribution in [0.4, 0.5) is 8.78 Å². The van der Waals surface area contributed by atoms with Gasteiger partial charge in [0.15, 0.2) is 0 Å². The smallest absolute Gasteiger partial charge is 0.314 e. The lowest BCUT2D eigenvalue weighted by molar-refractivity contribution is -0.873. The van der Waals surface area contributed by atoms with Crippen LogP contribution in [-0.4, -0.2) is 55.3 Å². The van der Waals surface area contributed by atoms with Gasteiger partial charge in [-0.2, -0.15) is 0 Å². The second-order valence-electron chi connectivity index (χ2n) is 7.50. The summed E-state index contributed by atoms with van der Waals surface area (Å²) in [4.78, 5) is 23.8. The molecular weight excluding hydrogens is 370 g/mol. The van der Waals surface area contributed by atoms with E-state index in [4.69, 9.17) is 10.5 Å². The number of ether oxygens (including phenoxy) is 1. The van der Waals surface area contributed by atoms with Crippen molar-refractivity contribution in [2.45, 2.75) is 12.5 Å². The van der Waals surface area contributed by atoms with Gasteiger partial charge in [-0.15, -0.1) is 0 Å². The topological polar surface area (TPSA) is 89.6 Å². The molecule has 1 unspecified atom stereocenters. The fourth-order valence-corrected chi connectivity index (χ4v) is 2.76. The molecule has 0 bridgehead atoms. The Bertz CT molecular complexity index is 894. The van der Waals surface area contributed by atoms with Crippen LogP contribution >= 0.6 is 0 Å². The average molecular weight is 393 g/mol. The van der Waals surface area contributed by atoms with E-state index in [1.165, 1.54) is 24.3 Å². The van der Waals surface area contributed by atoms with E-state index in [1.807, 2.05) is 21.1 Å². The zero-order valence-electron chi connectivity index (χ0n) is 15.9. The Kier molecular flexibility index (Phi) is 6.48. The van der Waals surface area contributed by atoms with E-state index >= 15 is 0 Å². The number of benzene rings is 2. The molecule has 0 aliphatic heterocycles. The zero-order chi connectivity index (χ0) is 21.1. The van der Waals surface area contributed by atoms with Gasteiger partial charge in [-0.1, -0.05) is 6.07 Å². The van der Waals surface area contributed by atoms with Crippen molar-refractivity contribution in [1.29, 1.82) is 0 Å². The number of halogens is 2. The second-order valence-corrected chi connectivity index (χ2v) is 7.50. The van der Waals surface area contributed by atoms with Crippen molar-refractivity contribution < 1.29 is 32.7 Å². The molecule has 3 N–H and O–H groups in total. The van der Waals surface area contributed by atoms with Gasteiger partial charge in [-0.05, 0) is 29.8 Å². The Labute approximate surface area is 161 Å². The first-order chi connectivity index (χ1) is 13.0. The SMILES string of the molecule is C[N+](C)(C)CC(O)CC(=O)Oc1ccc(-c2ccc(F)cc2F)cc1C(N)=O. The third kappa shape index (κ3) is 5.83. The Morgan fingerprint density at radius 3 is 2.39 bits per heavy atom. The summed E-state index contributed by atoms with van der Waals surface area (Å²) in [6.07, 6.45) is -1.18. The molecule has 0 aliphatic carbocycles. The van der Waals surface area contributed by atoms with Crippen LogP contribution in [0.3, 0.4) is 0 Å². The van der Waals surface area contributed by atoms with Gasteiger partial charge >= 0.3 is 5.97 Å². The summed E-state index contributed by atoms with van der Waals surface area (Å²) in [5.74, 6) is -3.23. The molecule has 28 heavy (non-hydrogen) atoms. The van der Waals surface area contributed by atoms with Gasteiger partial charge in [0.1, 0.15) is 30.0 Å². The number of likely N-dealkylation sites (N-methyl/N-ethyl adjacent to an activating group) is 1. The van der Waals surface area contributed by atoms with E-state index in [9.17, 15) is 23.5 Å². The van der Waals surface area contributed by atoms with Crippen LogP contribution in [0.2, 0.25) is 0 Å². The van der Waals surface area contributed by atoms with Crippen LogP contribution < -0.4 is 10.5 Å². The quantitative estimate of drug-likeness (QED) is 0.428. The molecule has 0 heterocycles. The van der Waals surface area contributed by atoms with Crippen LogP contribution in [0.15, 0.2) is 36.4 Å². The van der Waals surface area contributed by atoms with E-state index in [-0.39, 0.29) is 28.9 Å². The van der Waals surface area contributed by atoms with Gasteiger partial charge in [0.05, 0.1) is 33.1 Å². The monoisotopic (exact) mass is 393 g/mol. The first kappa shape index (κ1) is 21.5. The Morgan fingerprint density at radius 2 is 1.82 bits per heavy atom. The maximum Gasteiger partial charge on any atom is 0.314 e. The molecule has 0 aromatic heterocycles. The summed E-state index contributed by atoms with van der Waals surface area (Å²) in [6, 6.07) is 7.05. The lowest BCUT2D eigenvalue weighted by atomic mass is 10.0. The lowest BCUT2D eigenvalue weighted by Crippen LogP contribution is -2.42. The van der Waals surface area contributed by atoms with Crippen LogP contribution in [0, 0.1) is 11.6 Å². The third-order valence-corrected chi connectivity index (χ3v) is 3.87. The van der Waals surface area contributed by atoms with Crippen molar-refractivity contribution in [3.63, 3.8) is 0 Å². The van der Waals surface area contributed by atoms with Gasteiger partial charge < -0.3 is 20.1 Å². The number of nitrogens with zero attached hydrogens (tertiary/aromatic N) is 1. The van der Waals surface area contributed by atoms with Crippen molar-refractivity contribution in [3.8, 4) is 16.9 Å². The number of rotatable bonds is 7. The van der Waals surface area contributed by atoms with Crippen molar-refractivity contribution >= 4 is 11.9 Å². The number of hydrogen-bond donors (Lipinski definition) is 2. The van der Waals surface area contributed by atoms with Gasteiger partial charge in [-0.3, -0.25) is 9.59 Å². The van der Waals surface area contributed by atoms with Crippen LogP contribution in [0.1, 0.15) is 16.8 Å². The first-order valence-corrected chi connectivity index (χ1v) is 8.55. The number of aliphatic hydroxyl groups excluding tert-OH is 1. The van der Waals surface area contributed by atoms with E-state index < -0.39 is 29.6 Å². The molecule has 2 aromatic carbocycles. The number of quaternary nitrogens is 1. The minimum atomic E-state index is -0.919. The highest BCUT2D eigenvalue weighted by Gasteiger charge is 2.22. The molecule has 1 atom stereocenters. The summed E-state index contributed by atoms with van der Waals surface area (Å²) in [7, 11) is 5.60. The number of esters is 1. The lowest BCUT2D eigenvalue weighted by Gasteiger charge is -2.26. The van der Waals surface area contributed by atoms with Gasteiger partial charge in [0.25, 0.3) is 5.91 Å². The highest BCUT2D eigenvalue weighted by molar-refractivity contribution is 5.97. The number of carbonyl (C=O) groups is 2. The van der Waals surface area contributed by atoms with Crippen molar-refractivity contribution in [1.82, 2.24) is 0 Å². The normalized spacial score (nSPS) is 12.5. The molecule has 150 valence electrons. The molecule has 6 nitrogen and oxygen atoms in total. The van der Waals surface area contributed by atoms with Crippen molar-refractivity contribution in [2.75, 3.05) is 27.7 Å². The van der Waals surface area contributed by atoms with Crippen LogP contribution in [-0.2, 0) is 4.79 Å². The molecule has 0 saturated carbocycles. The molecular formula is C20H23F2N2O4+. The van der Waals surface area contributed by atoms with E-state index in [1.54, 1.807) is 0 Å². The number of carbonyl (C=O) groups excluding carboxylic acids is 2. The maximum atomic E-state index is 14.0. The maximum absolute atomic E-state index is 14.0. The molecule has 0 fully saturated rings. The van der Waals surface area contributed by atoms with Crippen molar-refractivity contribution in [3.05, 3.63) is 53.6 Å². The second kappa shape index (κ2) is 8.45. The highest BCUT2D eigenvalue weighted by atomic mass is 19.1. The van der Waals surface area contributed by atoms with Gasteiger partial charge in [0.2, 0.25) is 0 Å². The molecule has 2 aromatic rings. The van der Waals surface area contributed by atoms with Crippen molar-refractivity contribution in [2.24, 2.45) is 5.73 Å². The average Bonchev–Trinajstić information content (AvgIpc) is 2.53. The summed E-state index contributed by atoms with van der Waals surface area (Å²) >= 11 is 0. The Morgan fingerprint density at radius 1 is 1.14 bits per heavy atom. The predicted molar refractivity (Wildman–Crippen MR) is 99.5 cm³/mol. The standard InChI is InChI=1S/C20H22F2N2O4/c1-24(2,3)11-14(25)10-19(26)28-18-7-4-12(8-16(18)20(23)27)15-6-5-13(21)9-17(15)22/h4-9,14,25H,10-11H2,1-3H3,(H-,23,27)/p+1. The predicted octanol–water partition coefficient (Wildman–Crippen LogP) is 2.09. The molecule has 0 aliphatic rings. The molecule has 0 spiro atoms. The van der Waals surface area contributed by atoms with E-state index in [2.05, 4.69) is 0 Å². The summed E-state index contributed by atoms with van der Waals surface area (Å²) in [6.45, 7) is 0.334. The highest BCUT2D eigenvalue weighted by Crippen LogP contribution is 2.29. The zero-order valence-corrected chi connectivity index (χ0v) is 15.9. The summed E-state index contributed by atoms with van der Waals surface area (Å²) < 4.78 is 32.7. The number of nitrogens with two attached hydrogens (primary N) is 1.